The van der Waals surface area contributed by atoms with Gasteiger partial charge in [0.05, 0.1) is 17.4 Å². The van der Waals surface area contributed by atoms with E-state index in [0.29, 0.717) is 12.5 Å². The van der Waals surface area contributed by atoms with Gasteiger partial charge in [-0.3, -0.25) is 4.79 Å². The molecule has 25 heavy (non-hydrogen) atoms. The number of esters is 1. The van der Waals surface area contributed by atoms with Gasteiger partial charge in [0, 0.05) is 18.9 Å². The van der Waals surface area contributed by atoms with Crippen LogP contribution in [0.5, 0.6) is 0 Å². The van der Waals surface area contributed by atoms with Gasteiger partial charge in [0.15, 0.2) is 12.2 Å². The largest absolute Gasteiger partial charge is 0.465 e. The number of ether oxygens (including phenoxy) is 1. The van der Waals surface area contributed by atoms with E-state index in [2.05, 4.69) is 41.3 Å². The zero-order valence-corrected chi connectivity index (χ0v) is 15.6. The summed E-state index contributed by atoms with van der Waals surface area (Å²) in [4.78, 5) is 13.6. The summed E-state index contributed by atoms with van der Waals surface area (Å²) in [5.41, 5.74) is 4.77. The van der Waals surface area contributed by atoms with Crippen molar-refractivity contribution in [2.45, 2.75) is 45.6 Å². The highest BCUT2D eigenvalue weighted by Crippen LogP contribution is 2.48. The molecule has 0 aliphatic heterocycles. The van der Waals surface area contributed by atoms with Gasteiger partial charge < -0.3 is 4.74 Å². The lowest BCUT2D eigenvalue weighted by molar-refractivity contribution is -0.689. The molecule has 2 aliphatic carbocycles. The van der Waals surface area contributed by atoms with Crippen molar-refractivity contribution in [3.8, 4) is 0 Å². The number of rotatable bonds is 6. The summed E-state index contributed by atoms with van der Waals surface area (Å²) in [6.07, 6.45) is 5.70. The summed E-state index contributed by atoms with van der Waals surface area (Å²) < 4.78 is 7.91. The van der Waals surface area contributed by atoms with Gasteiger partial charge in [-0.15, -0.1) is 0 Å². The highest BCUT2D eigenvalue weighted by atomic mass is 32.1. The number of nitrogens with zero attached hydrogens (tertiary/aromatic N) is 1. The van der Waals surface area contributed by atoms with Crippen molar-refractivity contribution in [2.75, 3.05) is 6.61 Å². The first-order valence-electron chi connectivity index (χ1n) is 9.37. The Kier molecular flexibility index (Phi) is 4.89. The van der Waals surface area contributed by atoms with Crippen molar-refractivity contribution in [3.63, 3.8) is 0 Å². The van der Waals surface area contributed by atoms with Crippen molar-refractivity contribution in [2.24, 2.45) is 17.8 Å². The van der Waals surface area contributed by atoms with E-state index in [9.17, 15) is 4.79 Å². The molecule has 1 aromatic carbocycles. The molecule has 2 bridgehead atoms. The Hall–Kier alpha value is -1.68. The SMILES string of the molecule is Cc1c(CCOC(=O)[C@H]2C[C@@H]3CC[C@H]2C3)sc[n+]1Cc1ccccc1. The molecule has 1 aromatic heterocycles. The van der Waals surface area contributed by atoms with Crippen LogP contribution in [0.2, 0.25) is 0 Å². The van der Waals surface area contributed by atoms with Crippen LogP contribution in [-0.4, -0.2) is 12.6 Å². The molecule has 2 saturated carbocycles. The first kappa shape index (κ1) is 16.8. The van der Waals surface area contributed by atoms with E-state index in [4.69, 9.17) is 4.74 Å². The monoisotopic (exact) mass is 356 g/mol. The van der Waals surface area contributed by atoms with Gasteiger partial charge in [-0.05, 0) is 31.1 Å². The van der Waals surface area contributed by atoms with Crippen LogP contribution in [0, 0.1) is 24.7 Å². The molecule has 3 atom stereocenters. The quantitative estimate of drug-likeness (QED) is 0.580. The van der Waals surface area contributed by atoms with E-state index in [-0.39, 0.29) is 11.9 Å². The molecule has 3 nitrogen and oxygen atoms in total. The maximum absolute atomic E-state index is 12.3. The minimum absolute atomic E-state index is 0.0542. The molecule has 0 spiro atoms. The molecule has 0 unspecified atom stereocenters. The average molecular weight is 357 g/mol. The highest BCUT2D eigenvalue weighted by Gasteiger charge is 2.43. The van der Waals surface area contributed by atoms with E-state index in [1.54, 1.807) is 11.3 Å². The molecule has 4 heteroatoms. The van der Waals surface area contributed by atoms with Crippen LogP contribution < -0.4 is 4.57 Å². The number of fused-ring (bicyclic) bond motifs is 2. The van der Waals surface area contributed by atoms with Gasteiger partial charge in [0.25, 0.3) is 0 Å². The Morgan fingerprint density at radius 1 is 1.24 bits per heavy atom. The summed E-state index contributed by atoms with van der Waals surface area (Å²) >= 11 is 1.76. The van der Waals surface area contributed by atoms with E-state index >= 15 is 0 Å². The molecule has 0 saturated heterocycles. The second-order valence-corrected chi connectivity index (χ2v) is 8.48. The first-order valence-corrected chi connectivity index (χ1v) is 10.3. The maximum atomic E-state index is 12.3. The van der Waals surface area contributed by atoms with Gasteiger partial charge in [0.1, 0.15) is 0 Å². The number of thiazole rings is 1. The van der Waals surface area contributed by atoms with Crippen LogP contribution >= 0.6 is 11.3 Å². The van der Waals surface area contributed by atoms with Crippen molar-refractivity contribution < 1.29 is 14.1 Å². The predicted molar refractivity (Wildman–Crippen MR) is 98.4 cm³/mol. The minimum Gasteiger partial charge on any atom is -0.465 e. The van der Waals surface area contributed by atoms with Gasteiger partial charge in [-0.25, -0.2) is 0 Å². The first-order chi connectivity index (χ1) is 12.2. The molecule has 4 rings (SSSR count). The Morgan fingerprint density at radius 2 is 2.08 bits per heavy atom. The fraction of sp³-hybridized carbons (Fsp3) is 0.524. The number of carbonyl (C=O) groups excluding carboxylic acids is 1. The van der Waals surface area contributed by atoms with E-state index in [0.717, 1.165) is 25.3 Å². The summed E-state index contributed by atoms with van der Waals surface area (Å²) in [6.45, 7) is 3.57. The zero-order chi connectivity index (χ0) is 17.2. The summed E-state index contributed by atoms with van der Waals surface area (Å²) in [6, 6.07) is 10.5. The second kappa shape index (κ2) is 7.28. The number of benzene rings is 1. The Bertz CT molecular complexity index is 740. The van der Waals surface area contributed by atoms with Crippen molar-refractivity contribution >= 4 is 17.3 Å². The van der Waals surface area contributed by atoms with Gasteiger partial charge in [-0.1, -0.05) is 48.1 Å². The van der Waals surface area contributed by atoms with E-state index in [1.165, 1.54) is 35.4 Å². The lowest BCUT2D eigenvalue weighted by atomic mass is 9.89. The van der Waals surface area contributed by atoms with Crippen molar-refractivity contribution in [1.29, 1.82) is 0 Å². The molecule has 1 heterocycles. The fourth-order valence-corrected chi connectivity index (χ4v) is 5.49. The van der Waals surface area contributed by atoms with Crippen LogP contribution in [0.25, 0.3) is 0 Å². The number of hydrogen-bond acceptors (Lipinski definition) is 3. The average Bonchev–Trinajstić information content (AvgIpc) is 3.34. The summed E-state index contributed by atoms with van der Waals surface area (Å²) in [5.74, 6) is 1.64. The molecule has 132 valence electrons. The van der Waals surface area contributed by atoms with E-state index < -0.39 is 0 Å². The topological polar surface area (TPSA) is 30.2 Å². The molecule has 0 N–H and O–H groups in total. The van der Waals surface area contributed by atoms with Gasteiger partial charge in [0.2, 0.25) is 5.51 Å². The third kappa shape index (κ3) is 3.64. The molecule has 2 aromatic rings. The molecular formula is C21H26NO2S+. The maximum Gasteiger partial charge on any atom is 0.309 e. The Labute approximate surface area is 153 Å². The van der Waals surface area contributed by atoms with Crippen molar-refractivity contribution in [1.82, 2.24) is 0 Å². The van der Waals surface area contributed by atoms with Crippen LogP contribution in [0.3, 0.4) is 0 Å². The molecule has 2 fully saturated rings. The predicted octanol–water partition coefficient (Wildman–Crippen LogP) is 3.91. The van der Waals surface area contributed by atoms with Gasteiger partial charge >= 0.3 is 5.97 Å². The molecular weight excluding hydrogens is 330 g/mol. The van der Waals surface area contributed by atoms with E-state index in [1.807, 2.05) is 6.07 Å². The lowest BCUT2D eigenvalue weighted by Crippen LogP contribution is -2.35. The number of hydrogen-bond donors (Lipinski definition) is 0. The smallest absolute Gasteiger partial charge is 0.309 e. The van der Waals surface area contributed by atoms with Crippen LogP contribution in [0.1, 0.15) is 41.8 Å². The lowest BCUT2D eigenvalue weighted by Gasteiger charge is -2.19. The van der Waals surface area contributed by atoms with Gasteiger partial charge in [-0.2, -0.15) is 4.57 Å². The standard InChI is InChI=1S/C21H26NO2S/c1-15-20(25-14-22(15)13-16-5-3-2-4-6-16)9-10-24-21(23)19-12-17-7-8-18(19)11-17/h2-6,14,17-19H,7-13H2,1H3/q+1/t17-,18+,19+/m1/s1. The molecule has 0 amide bonds. The number of aromatic nitrogens is 1. The zero-order valence-electron chi connectivity index (χ0n) is 14.8. The number of carbonyl (C=O) groups is 1. The fourth-order valence-electron chi connectivity index (χ4n) is 4.51. The highest BCUT2D eigenvalue weighted by molar-refractivity contribution is 7.09. The van der Waals surface area contributed by atoms with Crippen LogP contribution in [0.4, 0.5) is 0 Å². The Balaban J connectivity index is 1.29. The summed E-state index contributed by atoms with van der Waals surface area (Å²) in [7, 11) is 0. The third-order valence-electron chi connectivity index (χ3n) is 5.97. The van der Waals surface area contributed by atoms with Crippen LogP contribution in [0.15, 0.2) is 35.8 Å². The third-order valence-corrected chi connectivity index (χ3v) is 7.11. The van der Waals surface area contributed by atoms with Crippen LogP contribution in [-0.2, 0) is 22.5 Å². The normalized spacial score (nSPS) is 24.6. The summed E-state index contributed by atoms with van der Waals surface area (Å²) in [5, 5.41) is 0. The second-order valence-electron chi connectivity index (χ2n) is 7.54. The Morgan fingerprint density at radius 3 is 2.80 bits per heavy atom. The van der Waals surface area contributed by atoms with Crippen molar-refractivity contribution in [3.05, 3.63) is 52.0 Å². The minimum atomic E-state index is 0.0542. The molecule has 2 aliphatic rings. The molecule has 0 radical (unpaired) electrons.